The second kappa shape index (κ2) is 14.9. The molecule has 2 heteroatoms. The van der Waals surface area contributed by atoms with Crippen molar-refractivity contribution in [2.24, 2.45) is 11.8 Å². The van der Waals surface area contributed by atoms with E-state index in [1.807, 2.05) is 0 Å². The molecule has 0 fully saturated rings. The van der Waals surface area contributed by atoms with Crippen molar-refractivity contribution in [3.05, 3.63) is 0 Å². The molecule has 0 aromatic carbocycles. The van der Waals surface area contributed by atoms with E-state index < -0.39 is 0 Å². The molecular formula is C14H32O2. The van der Waals surface area contributed by atoms with Gasteiger partial charge in [-0.05, 0) is 24.7 Å². The van der Waals surface area contributed by atoms with Crippen LogP contribution >= 0.6 is 0 Å². The molecule has 0 atom stereocenters. The van der Waals surface area contributed by atoms with Crippen molar-refractivity contribution in [3.8, 4) is 0 Å². The van der Waals surface area contributed by atoms with Gasteiger partial charge in [0.05, 0.1) is 0 Å². The van der Waals surface area contributed by atoms with Crippen LogP contribution in [-0.4, -0.2) is 26.4 Å². The first-order valence-electron chi connectivity index (χ1n) is 6.69. The second-order valence-corrected chi connectivity index (χ2v) is 4.94. The van der Waals surface area contributed by atoms with Gasteiger partial charge in [0, 0.05) is 26.4 Å². The Morgan fingerprint density at radius 1 is 0.688 bits per heavy atom. The van der Waals surface area contributed by atoms with Gasteiger partial charge in [-0.15, -0.1) is 0 Å². The first-order chi connectivity index (χ1) is 7.54. The average molecular weight is 232 g/mol. The summed E-state index contributed by atoms with van der Waals surface area (Å²) in [7, 11) is 0. The van der Waals surface area contributed by atoms with Crippen LogP contribution in [0.3, 0.4) is 0 Å². The Morgan fingerprint density at radius 2 is 1.06 bits per heavy atom. The fourth-order valence-electron chi connectivity index (χ4n) is 0.930. The molecule has 100 valence electrons. The maximum atomic E-state index is 5.36. The van der Waals surface area contributed by atoms with Crippen LogP contribution in [0.5, 0.6) is 0 Å². The van der Waals surface area contributed by atoms with Crippen LogP contribution < -0.4 is 0 Å². The highest BCUT2D eigenvalue weighted by atomic mass is 16.5. The summed E-state index contributed by atoms with van der Waals surface area (Å²) in [6.45, 7) is 16.6. The van der Waals surface area contributed by atoms with E-state index in [0.29, 0.717) is 11.8 Å². The number of ether oxygens (including phenoxy) is 2. The first kappa shape index (κ1) is 18.3. The predicted molar refractivity (Wildman–Crippen MR) is 71.9 cm³/mol. The Kier molecular flexibility index (Phi) is 17.1. The number of hydrogen-bond acceptors (Lipinski definition) is 2. The molecule has 2 nitrogen and oxygen atoms in total. The van der Waals surface area contributed by atoms with Crippen molar-refractivity contribution in [3.63, 3.8) is 0 Å². The maximum Gasteiger partial charge on any atom is 0.0489 e. The predicted octanol–water partition coefficient (Wildman–Crippen LogP) is 4.14. The van der Waals surface area contributed by atoms with E-state index in [9.17, 15) is 0 Å². The van der Waals surface area contributed by atoms with Gasteiger partial charge in [-0.3, -0.25) is 0 Å². The molecule has 16 heavy (non-hydrogen) atoms. The molecule has 0 aromatic rings. The van der Waals surface area contributed by atoms with Crippen LogP contribution in [0.4, 0.5) is 0 Å². The van der Waals surface area contributed by atoms with Gasteiger partial charge in [-0.25, -0.2) is 0 Å². The highest BCUT2D eigenvalue weighted by molar-refractivity contribution is 4.42. The molecule has 0 aliphatic heterocycles. The SMILES string of the molecule is CC(C)COCC(C)C.CCCOCCC. The zero-order valence-electron chi connectivity index (χ0n) is 12.2. The van der Waals surface area contributed by atoms with Gasteiger partial charge in [0.1, 0.15) is 0 Å². The van der Waals surface area contributed by atoms with Crippen LogP contribution in [0.15, 0.2) is 0 Å². The summed E-state index contributed by atoms with van der Waals surface area (Å²) in [6, 6.07) is 0. The van der Waals surface area contributed by atoms with Crippen molar-refractivity contribution >= 4 is 0 Å². The molecule has 0 amide bonds. The van der Waals surface area contributed by atoms with Gasteiger partial charge in [-0.1, -0.05) is 41.5 Å². The van der Waals surface area contributed by atoms with Crippen molar-refractivity contribution in [1.29, 1.82) is 0 Å². The van der Waals surface area contributed by atoms with Crippen molar-refractivity contribution in [1.82, 2.24) is 0 Å². The topological polar surface area (TPSA) is 18.5 Å². The summed E-state index contributed by atoms with van der Waals surface area (Å²) in [5.41, 5.74) is 0. The summed E-state index contributed by atoms with van der Waals surface area (Å²) in [5, 5.41) is 0. The lowest BCUT2D eigenvalue weighted by atomic mass is 10.2. The highest BCUT2D eigenvalue weighted by Crippen LogP contribution is 1.96. The van der Waals surface area contributed by atoms with Gasteiger partial charge in [-0.2, -0.15) is 0 Å². The molecule has 0 heterocycles. The van der Waals surface area contributed by atoms with E-state index in [1.165, 1.54) is 0 Å². The van der Waals surface area contributed by atoms with Gasteiger partial charge in [0.2, 0.25) is 0 Å². The van der Waals surface area contributed by atoms with E-state index in [1.54, 1.807) is 0 Å². The first-order valence-corrected chi connectivity index (χ1v) is 6.69. The fraction of sp³-hybridized carbons (Fsp3) is 1.00. The highest BCUT2D eigenvalue weighted by Gasteiger charge is 1.95. The molecule has 0 spiro atoms. The van der Waals surface area contributed by atoms with Gasteiger partial charge >= 0.3 is 0 Å². The van der Waals surface area contributed by atoms with Crippen LogP contribution in [0.2, 0.25) is 0 Å². The summed E-state index contributed by atoms with van der Waals surface area (Å²) in [5.74, 6) is 1.34. The Bertz CT molecular complexity index is 99.3. The van der Waals surface area contributed by atoms with E-state index in [0.717, 1.165) is 39.3 Å². The van der Waals surface area contributed by atoms with Crippen molar-refractivity contribution < 1.29 is 9.47 Å². The zero-order chi connectivity index (χ0) is 12.8. The molecule has 0 radical (unpaired) electrons. The van der Waals surface area contributed by atoms with Crippen LogP contribution in [0, 0.1) is 11.8 Å². The lowest BCUT2D eigenvalue weighted by molar-refractivity contribution is 0.0886. The Morgan fingerprint density at radius 3 is 1.31 bits per heavy atom. The Labute approximate surface area is 103 Å². The second-order valence-electron chi connectivity index (χ2n) is 4.94. The molecule has 0 N–H and O–H groups in total. The van der Waals surface area contributed by atoms with Crippen molar-refractivity contribution in [2.45, 2.75) is 54.4 Å². The van der Waals surface area contributed by atoms with E-state index in [4.69, 9.17) is 9.47 Å². The largest absolute Gasteiger partial charge is 0.381 e. The van der Waals surface area contributed by atoms with E-state index in [2.05, 4.69) is 41.5 Å². The minimum Gasteiger partial charge on any atom is -0.381 e. The Balaban J connectivity index is 0. The van der Waals surface area contributed by atoms with Gasteiger partial charge < -0.3 is 9.47 Å². The zero-order valence-corrected chi connectivity index (χ0v) is 12.2. The summed E-state index contributed by atoms with van der Waals surface area (Å²) >= 11 is 0. The van der Waals surface area contributed by atoms with Crippen LogP contribution in [-0.2, 0) is 9.47 Å². The quantitative estimate of drug-likeness (QED) is 0.586. The molecule has 0 bridgehead atoms. The lowest BCUT2D eigenvalue weighted by Crippen LogP contribution is -2.06. The lowest BCUT2D eigenvalue weighted by Gasteiger charge is -2.07. The smallest absolute Gasteiger partial charge is 0.0489 e. The average Bonchev–Trinajstić information content (AvgIpc) is 2.18. The minimum absolute atomic E-state index is 0.670. The summed E-state index contributed by atoms with van der Waals surface area (Å²) < 4.78 is 10.5. The number of hydrogen-bond donors (Lipinski definition) is 0. The van der Waals surface area contributed by atoms with E-state index >= 15 is 0 Å². The van der Waals surface area contributed by atoms with Crippen LogP contribution in [0.25, 0.3) is 0 Å². The molecule has 0 saturated carbocycles. The molecule has 0 saturated heterocycles. The monoisotopic (exact) mass is 232 g/mol. The maximum absolute atomic E-state index is 5.36. The third kappa shape index (κ3) is 23.6. The molecule has 0 aromatic heterocycles. The molecule has 0 aliphatic rings. The Hall–Kier alpha value is -0.0800. The molecule has 0 unspecified atom stereocenters. The van der Waals surface area contributed by atoms with E-state index in [-0.39, 0.29) is 0 Å². The fourth-order valence-corrected chi connectivity index (χ4v) is 0.930. The third-order valence-corrected chi connectivity index (χ3v) is 1.60. The van der Waals surface area contributed by atoms with Gasteiger partial charge in [0.25, 0.3) is 0 Å². The molecular weight excluding hydrogens is 200 g/mol. The van der Waals surface area contributed by atoms with Gasteiger partial charge in [0.15, 0.2) is 0 Å². The standard InChI is InChI=1S/C8H18O.C6H14O/c1-7(2)5-9-6-8(3)4;1-3-5-7-6-4-2/h7-8H,5-6H2,1-4H3;3-6H2,1-2H3. The summed E-state index contributed by atoms with van der Waals surface area (Å²) in [6.07, 6.45) is 2.28. The molecule has 0 aliphatic carbocycles. The number of rotatable bonds is 8. The summed E-state index contributed by atoms with van der Waals surface area (Å²) in [4.78, 5) is 0. The van der Waals surface area contributed by atoms with Crippen LogP contribution in [0.1, 0.15) is 54.4 Å². The normalized spacial score (nSPS) is 10.5. The minimum atomic E-state index is 0.670. The van der Waals surface area contributed by atoms with Crippen molar-refractivity contribution in [2.75, 3.05) is 26.4 Å². The third-order valence-electron chi connectivity index (χ3n) is 1.60. The molecule has 0 rings (SSSR count).